The normalized spacial score (nSPS) is 19.0. The number of aromatic amines is 1. The summed E-state index contributed by atoms with van der Waals surface area (Å²) in [5, 5.41) is 12.0. The fraction of sp³-hybridized carbons (Fsp3) is 0.375. The molecule has 2 aliphatic rings. The topological polar surface area (TPSA) is 69.7 Å². The molecule has 1 saturated heterocycles. The number of rotatable bonds is 4. The average molecular weight is 431 g/mol. The Hall–Kier alpha value is -2.77. The first-order valence-electron chi connectivity index (χ1n) is 11.2. The number of piperazine rings is 1. The summed E-state index contributed by atoms with van der Waals surface area (Å²) >= 11 is 1.87. The molecule has 158 valence electrons. The molecule has 3 aromatic heterocycles. The molecule has 31 heavy (non-hydrogen) atoms. The number of hydrogen-bond donors (Lipinski definition) is 2. The lowest BCUT2D eigenvalue weighted by Crippen LogP contribution is -2.52. The minimum absolute atomic E-state index is 0.410. The number of fused-ring (bicyclic) bond motifs is 3. The predicted octanol–water partition coefficient (Wildman–Crippen LogP) is 3.98. The highest BCUT2D eigenvalue weighted by atomic mass is 32.1. The summed E-state index contributed by atoms with van der Waals surface area (Å²) in [5.74, 6) is 1.88. The van der Waals surface area contributed by atoms with Gasteiger partial charge in [-0.25, -0.2) is 9.97 Å². The minimum atomic E-state index is 0.410. The van der Waals surface area contributed by atoms with Crippen molar-refractivity contribution in [3.05, 3.63) is 58.7 Å². The summed E-state index contributed by atoms with van der Waals surface area (Å²) in [5.41, 5.74) is 3.82. The van der Waals surface area contributed by atoms with Gasteiger partial charge in [0.25, 0.3) is 0 Å². The summed E-state index contributed by atoms with van der Waals surface area (Å²) in [6.07, 6.45) is 9.60. The number of aryl methyl sites for hydroxylation is 2. The van der Waals surface area contributed by atoms with Gasteiger partial charge in [0.15, 0.2) is 5.82 Å². The number of nitrogens with one attached hydrogen (secondary N) is 2. The lowest BCUT2D eigenvalue weighted by molar-refractivity contribution is 0.453. The maximum Gasteiger partial charge on any atom is 0.166 e. The zero-order chi connectivity index (χ0) is 20.6. The van der Waals surface area contributed by atoms with E-state index < -0.39 is 0 Å². The standard InChI is InChI=1S/C24H26N6S/c1-2-6-16(7-3-1)12-18-15-30(11-10-25-18)23-21-19-8-4-5-9-20(19)31-24(21)29-22(28-23)17-13-26-27-14-17/h1-3,6-7,13-14,18,25H,4-5,8-12,15H2,(H,26,27)/t18-/m0/s1. The number of thiophene rings is 1. The van der Waals surface area contributed by atoms with Crippen LogP contribution < -0.4 is 10.2 Å². The molecule has 1 aromatic carbocycles. The Balaban J connectivity index is 1.41. The molecule has 4 aromatic rings. The van der Waals surface area contributed by atoms with Crippen LogP contribution in [0.2, 0.25) is 0 Å². The van der Waals surface area contributed by atoms with Crippen LogP contribution in [0.5, 0.6) is 0 Å². The maximum atomic E-state index is 5.12. The van der Waals surface area contributed by atoms with Crippen LogP contribution in [0.15, 0.2) is 42.7 Å². The first-order chi connectivity index (χ1) is 15.3. The third-order valence-electron chi connectivity index (χ3n) is 6.43. The van der Waals surface area contributed by atoms with Gasteiger partial charge in [0.2, 0.25) is 0 Å². The van der Waals surface area contributed by atoms with Crippen LogP contribution in [0.3, 0.4) is 0 Å². The average Bonchev–Trinajstić information content (AvgIpc) is 3.47. The van der Waals surface area contributed by atoms with E-state index in [0.717, 1.165) is 54.5 Å². The van der Waals surface area contributed by atoms with Crippen molar-refractivity contribution in [2.45, 2.75) is 38.1 Å². The fourth-order valence-electron chi connectivity index (χ4n) is 4.92. The fourth-order valence-corrected chi connectivity index (χ4v) is 6.18. The van der Waals surface area contributed by atoms with E-state index in [-0.39, 0.29) is 0 Å². The van der Waals surface area contributed by atoms with Gasteiger partial charge in [-0.15, -0.1) is 11.3 Å². The van der Waals surface area contributed by atoms with Gasteiger partial charge in [0.05, 0.1) is 17.1 Å². The molecular weight excluding hydrogens is 404 g/mol. The Kier molecular flexibility index (Phi) is 4.92. The summed E-state index contributed by atoms with van der Waals surface area (Å²) in [6, 6.07) is 11.2. The zero-order valence-corrected chi connectivity index (χ0v) is 18.3. The van der Waals surface area contributed by atoms with E-state index in [9.17, 15) is 0 Å². The molecule has 0 unspecified atom stereocenters. The van der Waals surface area contributed by atoms with Crippen molar-refractivity contribution in [2.24, 2.45) is 0 Å². The summed E-state index contributed by atoms with van der Waals surface area (Å²) < 4.78 is 0. The molecule has 0 amide bonds. The second-order valence-corrected chi connectivity index (χ2v) is 9.62. The van der Waals surface area contributed by atoms with Crippen LogP contribution in [0, 0.1) is 0 Å². The number of hydrogen-bond acceptors (Lipinski definition) is 6. The van der Waals surface area contributed by atoms with Gasteiger partial charge in [0, 0.05) is 36.8 Å². The van der Waals surface area contributed by atoms with Crippen molar-refractivity contribution in [1.82, 2.24) is 25.5 Å². The number of nitrogens with zero attached hydrogens (tertiary/aromatic N) is 4. The van der Waals surface area contributed by atoms with Gasteiger partial charge in [0.1, 0.15) is 10.6 Å². The van der Waals surface area contributed by atoms with Crippen LogP contribution in [-0.4, -0.2) is 45.8 Å². The second kappa shape index (κ2) is 8.05. The Morgan fingerprint density at radius 2 is 2.00 bits per heavy atom. The molecule has 1 fully saturated rings. The van der Waals surface area contributed by atoms with Gasteiger partial charge < -0.3 is 10.2 Å². The zero-order valence-electron chi connectivity index (χ0n) is 17.5. The number of anilines is 1. The summed E-state index contributed by atoms with van der Waals surface area (Å²) in [6.45, 7) is 2.89. The maximum absolute atomic E-state index is 5.12. The summed E-state index contributed by atoms with van der Waals surface area (Å²) in [4.78, 5) is 15.2. The highest BCUT2D eigenvalue weighted by molar-refractivity contribution is 7.19. The van der Waals surface area contributed by atoms with Crippen molar-refractivity contribution < 1.29 is 0 Å². The number of benzene rings is 1. The van der Waals surface area contributed by atoms with E-state index in [0.29, 0.717) is 6.04 Å². The third-order valence-corrected chi connectivity index (χ3v) is 7.62. The van der Waals surface area contributed by atoms with Crippen LogP contribution in [0.1, 0.15) is 28.8 Å². The first kappa shape index (κ1) is 19.0. The van der Waals surface area contributed by atoms with E-state index in [1.54, 1.807) is 0 Å². The van der Waals surface area contributed by atoms with Gasteiger partial charge >= 0.3 is 0 Å². The number of H-pyrrole nitrogens is 1. The van der Waals surface area contributed by atoms with E-state index in [1.807, 2.05) is 23.7 Å². The Labute approximate surface area is 185 Å². The van der Waals surface area contributed by atoms with Crippen LogP contribution >= 0.6 is 11.3 Å². The molecule has 1 atom stereocenters. The van der Waals surface area contributed by atoms with Crippen molar-refractivity contribution in [3.63, 3.8) is 0 Å². The highest BCUT2D eigenvalue weighted by Crippen LogP contribution is 2.41. The Morgan fingerprint density at radius 3 is 2.87 bits per heavy atom. The molecule has 6 rings (SSSR count). The largest absolute Gasteiger partial charge is 0.353 e. The first-order valence-corrected chi connectivity index (χ1v) is 12.0. The molecule has 0 bridgehead atoms. The molecule has 2 N–H and O–H groups in total. The molecular formula is C24H26N6S. The third kappa shape index (κ3) is 3.62. The minimum Gasteiger partial charge on any atom is -0.353 e. The molecule has 0 radical (unpaired) electrons. The molecule has 1 aliphatic carbocycles. The Bertz CT molecular complexity index is 1180. The van der Waals surface area contributed by atoms with Crippen molar-refractivity contribution in [3.8, 4) is 11.4 Å². The van der Waals surface area contributed by atoms with E-state index in [2.05, 4.69) is 50.7 Å². The lowest BCUT2D eigenvalue weighted by Gasteiger charge is -2.35. The summed E-state index contributed by atoms with van der Waals surface area (Å²) in [7, 11) is 0. The van der Waals surface area contributed by atoms with E-state index in [1.165, 1.54) is 40.7 Å². The van der Waals surface area contributed by atoms with Crippen LogP contribution in [-0.2, 0) is 19.3 Å². The van der Waals surface area contributed by atoms with Crippen molar-refractivity contribution in [1.29, 1.82) is 0 Å². The van der Waals surface area contributed by atoms with Gasteiger partial charge in [-0.2, -0.15) is 5.10 Å². The van der Waals surface area contributed by atoms with Crippen molar-refractivity contribution >= 4 is 27.4 Å². The quantitative estimate of drug-likeness (QED) is 0.513. The SMILES string of the molecule is c1ccc(C[C@H]2CN(c3nc(-c4cn[nH]c4)nc4sc5c(c34)CCCC5)CCN2)cc1. The van der Waals surface area contributed by atoms with Crippen LogP contribution in [0.25, 0.3) is 21.6 Å². The molecule has 6 nitrogen and oxygen atoms in total. The smallest absolute Gasteiger partial charge is 0.166 e. The van der Waals surface area contributed by atoms with Crippen molar-refractivity contribution in [2.75, 3.05) is 24.5 Å². The highest BCUT2D eigenvalue weighted by Gasteiger charge is 2.27. The Morgan fingerprint density at radius 1 is 1.10 bits per heavy atom. The lowest BCUT2D eigenvalue weighted by atomic mass is 9.96. The van der Waals surface area contributed by atoms with Gasteiger partial charge in [-0.1, -0.05) is 30.3 Å². The van der Waals surface area contributed by atoms with Gasteiger partial charge in [-0.05, 0) is 43.2 Å². The number of aromatic nitrogens is 4. The molecule has 7 heteroatoms. The van der Waals surface area contributed by atoms with E-state index in [4.69, 9.17) is 9.97 Å². The molecule has 1 aliphatic heterocycles. The van der Waals surface area contributed by atoms with Gasteiger partial charge in [-0.3, -0.25) is 5.10 Å². The predicted molar refractivity (Wildman–Crippen MR) is 126 cm³/mol. The molecule has 0 saturated carbocycles. The monoisotopic (exact) mass is 430 g/mol. The van der Waals surface area contributed by atoms with E-state index >= 15 is 0 Å². The second-order valence-electron chi connectivity index (χ2n) is 8.54. The van der Waals surface area contributed by atoms with Crippen LogP contribution in [0.4, 0.5) is 5.82 Å². The molecule has 0 spiro atoms. The molecule has 4 heterocycles.